The third kappa shape index (κ3) is 3.17. The molecule has 0 aliphatic carbocycles. The van der Waals surface area contributed by atoms with E-state index in [2.05, 4.69) is 4.98 Å². The maximum absolute atomic E-state index is 10.9. The largest absolute Gasteiger partial charge is 0.492 e. The van der Waals surface area contributed by atoms with Crippen LogP contribution in [0.3, 0.4) is 0 Å². The number of aldehydes is 1. The van der Waals surface area contributed by atoms with Crippen LogP contribution < -0.4 is 4.74 Å². The van der Waals surface area contributed by atoms with E-state index in [-0.39, 0.29) is 0 Å². The van der Waals surface area contributed by atoms with Gasteiger partial charge in [-0.15, -0.1) is 0 Å². The lowest BCUT2D eigenvalue weighted by Crippen LogP contribution is -2.03. The van der Waals surface area contributed by atoms with Gasteiger partial charge in [-0.3, -0.25) is 9.78 Å². The van der Waals surface area contributed by atoms with Crippen LogP contribution >= 0.6 is 0 Å². The minimum atomic E-state index is 0.550. The van der Waals surface area contributed by atoms with Crippen molar-refractivity contribution in [2.75, 3.05) is 6.61 Å². The summed E-state index contributed by atoms with van der Waals surface area (Å²) < 4.78 is 5.64. The minimum Gasteiger partial charge on any atom is -0.492 e. The van der Waals surface area contributed by atoms with Crippen molar-refractivity contribution in [1.29, 1.82) is 0 Å². The highest BCUT2D eigenvalue weighted by molar-refractivity contribution is 5.79. The van der Waals surface area contributed by atoms with Crippen molar-refractivity contribution in [2.24, 2.45) is 0 Å². The van der Waals surface area contributed by atoms with E-state index in [1.165, 1.54) is 5.56 Å². The van der Waals surface area contributed by atoms with Gasteiger partial charge < -0.3 is 4.74 Å². The first kappa shape index (κ1) is 12.3. The summed E-state index contributed by atoms with van der Waals surface area (Å²) >= 11 is 0. The van der Waals surface area contributed by atoms with Crippen molar-refractivity contribution in [3.05, 3.63) is 59.4 Å². The molecule has 0 amide bonds. The molecular formula is C15H15NO2. The summed E-state index contributed by atoms with van der Waals surface area (Å²) in [6.07, 6.45) is 5.15. The Kier molecular flexibility index (Phi) is 4.07. The molecule has 2 rings (SSSR count). The summed E-state index contributed by atoms with van der Waals surface area (Å²) in [5, 5.41) is 0. The molecule has 0 aliphatic rings. The topological polar surface area (TPSA) is 39.2 Å². The van der Waals surface area contributed by atoms with E-state index in [1.807, 2.05) is 37.3 Å². The number of carbonyl (C=O) groups excluding carboxylic acids is 1. The van der Waals surface area contributed by atoms with E-state index in [4.69, 9.17) is 4.74 Å². The van der Waals surface area contributed by atoms with Crippen LogP contribution in [0.25, 0.3) is 0 Å². The predicted octanol–water partition coefficient (Wildman–Crippen LogP) is 2.82. The molecule has 0 spiro atoms. The van der Waals surface area contributed by atoms with Gasteiger partial charge in [0.1, 0.15) is 5.75 Å². The van der Waals surface area contributed by atoms with Gasteiger partial charge in [-0.2, -0.15) is 0 Å². The predicted molar refractivity (Wildman–Crippen MR) is 70.0 cm³/mol. The van der Waals surface area contributed by atoms with Crippen molar-refractivity contribution in [2.45, 2.75) is 13.3 Å². The molecule has 0 aliphatic heterocycles. The van der Waals surface area contributed by atoms with Gasteiger partial charge in [0.25, 0.3) is 0 Å². The quantitative estimate of drug-likeness (QED) is 0.756. The lowest BCUT2D eigenvalue weighted by Gasteiger charge is -2.08. The fourth-order valence-corrected chi connectivity index (χ4v) is 1.72. The standard InChI is InChI=1S/C15H15NO2/c1-12-2-3-15(14(10-12)11-17)18-9-6-13-4-7-16-8-5-13/h2-5,7-8,10-11H,6,9H2,1H3. The van der Waals surface area contributed by atoms with Crippen molar-refractivity contribution in [3.8, 4) is 5.75 Å². The Labute approximate surface area is 106 Å². The average Bonchev–Trinajstić information content (AvgIpc) is 2.41. The van der Waals surface area contributed by atoms with Gasteiger partial charge in [0.15, 0.2) is 6.29 Å². The zero-order valence-electron chi connectivity index (χ0n) is 10.3. The van der Waals surface area contributed by atoms with Crippen LogP contribution in [0, 0.1) is 6.92 Å². The van der Waals surface area contributed by atoms with Gasteiger partial charge in [0, 0.05) is 18.8 Å². The maximum Gasteiger partial charge on any atom is 0.153 e. The summed E-state index contributed by atoms with van der Waals surface area (Å²) in [5.74, 6) is 0.643. The highest BCUT2D eigenvalue weighted by Crippen LogP contribution is 2.18. The SMILES string of the molecule is Cc1ccc(OCCc2ccncc2)c(C=O)c1. The molecule has 0 unspecified atom stereocenters. The minimum absolute atomic E-state index is 0.550. The van der Waals surface area contributed by atoms with Crippen LogP contribution in [0.5, 0.6) is 5.75 Å². The zero-order valence-corrected chi connectivity index (χ0v) is 10.3. The molecule has 18 heavy (non-hydrogen) atoms. The van der Waals surface area contributed by atoms with Crippen LogP contribution in [0.4, 0.5) is 0 Å². The number of carbonyl (C=O) groups is 1. The number of ether oxygens (including phenoxy) is 1. The smallest absolute Gasteiger partial charge is 0.153 e. The van der Waals surface area contributed by atoms with Crippen molar-refractivity contribution in [1.82, 2.24) is 4.98 Å². The number of aromatic nitrogens is 1. The molecule has 3 heteroatoms. The van der Waals surface area contributed by atoms with Crippen molar-refractivity contribution in [3.63, 3.8) is 0 Å². The highest BCUT2D eigenvalue weighted by atomic mass is 16.5. The molecule has 3 nitrogen and oxygen atoms in total. The Morgan fingerprint density at radius 3 is 2.72 bits per heavy atom. The molecule has 1 heterocycles. The number of rotatable bonds is 5. The van der Waals surface area contributed by atoms with Crippen LogP contribution in [0.2, 0.25) is 0 Å². The Hall–Kier alpha value is -2.16. The molecule has 0 bridgehead atoms. The molecule has 0 fully saturated rings. The van der Waals surface area contributed by atoms with E-state index < -0.39 is 0 Å². The Morgan fingerprint density at radius 1 is 1.22 bits per heavy atom. The summed E-state index contributed by atoms with van der Waals surface area (Å²) in [6, 6.07) is 9.52. The molecule has 0 saturated carbocycles. The zero-order chi connectivity index (χ0) is 12.8. The number of hydrogen-bond donors (Lipinski definition) is 0. The first-order valence-corrected chi connectivity index (χ1v) is 5.87. The van der Waals surface area contributed by atoms with Gasteiger partial charge in [-0.25, -0.2) is 0 Å². The van der Waals surface area contributed by atoms with Crippen LogP contribution in [-0.2, 0) is 6.42 Å². The molecule has 0 atom stereocenters. The second-order valence-corrected chi connectivity index (χ2v) is 4.11. The Morgan fingerprint density at radius 2 is 2.00 bits per heavy atom. The summed E-state index contributed by atoms with van der Waals surface area (Å²) in [6.45, 7) is 2.50. The van der Waals surface area contributed by atoms with E-state index in [0.29, 0.717) is 17.9 Å². The van der Waals surface area contributed by atoms with E-state index >= 15 is 0 Å². The number of benzene rings is 1. The highest BCUT2D eigenvalue weighted by Gasteiger charge is 2.03. The van der Waals surface area contributed by atoms with Gasteiger partial charge in [0.05, 0.1) is 12.2 Å². The van der Waals surface area contributed by atoms with E-state index in [1.54, 1.807) is 12.4 Å². The summed E-state index contributed by atoms with van der Waals surface area (Å²) in [7, 11) is 0. The van der Waals surface area contributed by atoms with Gasteiger partial charge in [-0.1, -0.05) is 11.6 Å². The molecule has 1 aromatic heterocycles. The average molecular weight is 241 g/mol. The fraction of sp³-hybridized carbons (Fsp3) is 0.200. The van der Waals surface area contributed by atoms with Crippen LogP contribution in [0.15, 0.2) is 42.7 Å². The van der Waals surface area contributed by atoms with E-state index in [0.717, 1.165) is 18.3 Å². The van der Waals surface area contributed by atoms with Gasteiger partial charge in [0.2, 0.25) is 0 Å². The lowest BCUT2D eigenvalue weighted by atomic mass is 10.1. The fourth-order valence-electron chi connectivity index (χ4n) is 1.72. The van der Waals surface area contributed by atoms with Crippen molar-refractivity contribution < 1.29 is 9.53 Å². The normalized spacial score (nSPS) is 10.1. The molecule has 0 radical (unpaired) electrons. The molecule has 0 N–H and O–H groups in total. The third-order valence-electron chi connectivity index (χ3n) is 2.69. The third-order valence-corrected chi connectivity index (χ3v) is 2.69. The van der Waals surface area contributed by atoms with Gasteiger partial charge in [-0.05, 0) is 36.8 Å². The molecule has 2 aromatic rings. The number of pyridine rings is 1. The summed E-state index contributed by atoms with van der Waals surface area (Å²) in [5.41, 5.74) is 2.83. The Balaban J connectivity index is 1.96. The maximum atomic E-state index is 10.9. The van der Waals surface area contributed by atoms with E-state index in [9.17, 15) is 4.79 Å². The molecule has 1 aromatic carbocycles. The number of nitrogens with zero attached hydrogens (tertiary/aromatic N) is 1. The Bertz CT molecular complexity index is 523. The monoisotopic (exact) mass is 241 g/mol. The molecular weight excluding hydrogens is 226 g/mol. The lowest BCUT2D eigenvalue weighted by molar-refractivity contribution is 0.111. The van der Waals surface area contributed by atoms with Gasteiger partial charge >= 0.3 is 0 Å². The second kappa shape index (κ2) is 5.96. The number of aryl methyl sites for hydroxylation is 1. The second-order valence-electron chi connectivity index (χ2n) is 4.11. The molecule has 92 valence electrons. The van der Waals surface area contributed by atoms with Crippen LogP contribution in [-0.4, -0.2) is 17.9 Å². The first-order valence-electron chi connectivity index (χ1n) is 5.87. The first-order chi connectivity index (χ1) is 8.79. The van der Waals surface area contributed by atoms with Crippen molar-refractivity contribution >= 4 is 6.29 Å². The number of hydrogen-bond acceptors (Lipinski definition) is 3. The molecule has 0 saturated heterocycles. The van der Waals surface area contributed by atoms with Crippen LogP contribution in [0.1, 0.15) is 21.5 Å². The summed E-state index contributed by atoms with van der Waals surface area (Å²) in [4.78, 5) is 14.9.